The van der Waals surface area contributed by atoms with Gasteiger partial charge in [0, 0.05) is 38.0 Å². The van der Waals surface area contributed by atoms with Crippen molar-refractivity contribution in [1.82, 2.24) is 15.2 Å². The van der Waals surface area contributed by atoms with E-state index in [1.54, 1.807) is 7.11 Å². The van der Waals surface area contributed by atoms with Gasteiger partial charge < -0.3 is 15.0 Å². The standard InChI is InChI=1S/C13H25N3OS/c1-5-11-12(10-14-7-9-17-4)18-13(15-11)6-8-16(2)3/h14H,5-10H2,1-4H3. The molecule has 0 bridgehead atoms. The first kappa shape index (κ1) is 15.6. The molecular weight excluding hydrogens is 246 g/mol. The number of aromatic nitrogens is 1. The Kier molecular flexibility index (Phi) is 7.42. The van der Waals surface area contributed by atoms with Gasteiger partial charge in [-0.1, -0.05) is 6.92 Å². The third-order valence-corrected chi connectivity index (χ3v) is 3.86. The molecule has 0 spiro atoms. The Morgan fingerprint density at radius 1 is 1.39 bits per heavy atom. The Labute approximate surface area is 114 Å². The molecule has 0 amide bonds. The number of nitrogens with zero attached hydrogens (tertiary/aromatic N) is 2. The monoisotopic (exact) mass is 271 g/mol. The molecule has 0 aliphatic heterocycles. The summed E-state index contributed by atoms with van der Waals surface area (Å²) in [6, 6.07) is 0. The Morgan fingerprint density at radius 3 is 2.78 bits per heavy atom. The van der Waals surface area contributed by atoms with E-state index in [1.807, 2.05) is 11.3 Å². The molecule has 1 N–H and O–H groups in total. The minimum atomic E-state index is 0.758. The quantitative estimate of drug-likeness (QED) is 0.692. The maximum atomic E-state index is 5.03. The fourth-order valence-electron chi connectivity index (χ4n) is 1.65. The van der Waals surface area contributed by atoms with Crippen molar-refractivity contribution in [3.63, 3.8) is 0 Å². The Balaban J connectivity index is 2.49. The molecule has 0 aromatic carbocycles. The van der Waals surface area contributed by atoms with Crippen molar-refractivity contribution in [2.45, 2.75) is 26.3 Å². The molecule has 1 heterocycles. The molecule has 0 radical (unpaired) electrons. The van der Waals surface area contributed by atoms with Gasteiger partial charge in [-0.25, -0.2) is 4.98 Å². The van der Waals surface area contributed by atoms with Gasteiger partial charge in [-0.2, -0.15) is 0 Å². The zero-order valence-electron chi connectivity index (χ0n) is 12.0. The van der Waals surface area contributed by atoms with E-state index in [9.17, 15) is 0 Å². The fourth-order valence-corrected chi connectivity index (χ4v) is 2.77. The molecule has 0 saturated heterocycles. The van der Waals surface area contributed by atoms with Gasteiger partial charge in [-0.3, -0.25) is 0 Å². The number of ether oxygens (including phenoxy) is 1. The van der Waals surface area contributed by atoms with Gasteiger partial charge in [0.1, 0.15) is 0 Å². The summed E-state index contributed by atoms with van der Waals surface area (Å²) in [4.78, 5) is 8.30. The summed E-state index contributed by atoms with van der Waals surface area (Å²) in [5, 5.41) is 4.64. The van der Waals surface area contributed by atoms with Crippen LogP contribution < -0.4 is 5.32 Å². The van der Waals surface area contributed by atoms with Gasteiger partial charge in [-0.05, 0) is 20.5 Å². The summed E-state index contributed by atoms with van der Waals surface area (Å²) < 4.78 is 5.03. The lowest BCUT2D eigenvalue weighted by Gasteiger charge is -2.06. The zero-order chi connectivity index (χ0) is 13.4. The van der Waals surface area contributed by atoms with Crippen LogP contribution in [0.2, 0.25) is 0 Å². The topological polar surface area (TPSA) is 37.4 Å². The number of nitrogens with one attached hydrogen (secondary N) is 1. The fraction of sp³-hybridized carbons (Fsp3) is 0.769. The number of hydrogen-bond donors (Lipinski definition) is 1. The Bertz CT molecular complexity index is 339. The van der Waals surface area contributed by atoms with Crippen LogP contribution in [0.25, 0.3) is 0 Å². The number of methoxy groups -OCH3 is 1. The van der Waals surface area contributed by atoms with E-state index in [2.05, 4.69) is 31.2 Å². The summed E-state index contributed by atoms with van der Waals surface area (Å²) >= 11 is 1.84. The minimum absolute atomic E-state index is 0.758. The van der Waals surface area contributed by atoms with Crippen LogP contribution in [0.15, 0.2) is 0 Å². The Hall–Kier alpha value is -0.490. The van der Waals surface area contributed by atoms with Gasteiger partial charge in [0.05, 0.1) is 17.3 Å². The SMILES string of the molecule is CCc1nc(CCN(C)C)sc1CNCCOC. The lowest BCUT2D eigenvalue weighted by Crippen LogP contribution is -2.18. The van der Waals surface area contributed by atoms with Gasteiger partial charge >= 0.3 is 0 Å². The lowest BCUT2D eigenvalue weighted by molar-refractivity contribution is 0.199. The summed E-state index contributed by atoms with van der Waals surface area (Å²) in [6.07, 6.45) is 2.06. The van der Waals surface area contributed by atoms with E-state index < -0.39 is 0 Å². The summed E-state index contributed by atoms with van der Waals surface area (Å²) in [7, 11) is 5.92. The molecule has 104 valence electrons. The van der Waals surface area contributed by atoms with Crippen molar-refractivity contribution in [2.75, 3.05) is 40.9 Å². The molecule has 18 heavy (non-hydrogen) atoms. The molecule has 0 unspecified atom stereocenters. The van der Waals surface area contributed by atoms with E-state index >= 15 is 0 Å². The van der Waals surface area contributed by atoms with E-state index in [0.29, 0.717) is 0 Å². The van der Waals surface area contributed by atoms with Crippen LogP contribution in [-0.4, -0.2) is 50.8 Å². The maximum absolute atomic E-state index is 5.03. The number of hydrogen-bond acceptors (Lipinski definition) is 5. The average Bonchev–Trinajstić information content (AvgIpc) is 2.74. The predicted molar refractivity (Wildman–Crippen MR) is 77.3 cm³/mol. The van der Waals surface area contributed by atoms with E-state index in [4.69, 9.17) is 9.72 Å². The highest BCUT2D eigenvalue weighted by Gasteiger charge is 2.09. The summed E-state index contributed by atoms with van der Waals surface area (Å²) in [5.74, 6) is 0. The van der Waals surface area contributed by atoms with Gasteiger partial charge in [-0.15, -0.1) is 11.3 Å². The highest BCUT2D eigenvalue weighted by Crippen LogP contribution is 2.19. The smallest absolute Gasteiger partial charge is 0.0944 e. The third kappa shape index (κ3) is 5.44. The second-order valence-electron chi connectivity index (χ2n) is 4.55. The second-order valence-corrected chi connectivity index (χ2v) is 5.72. The van der Waals surface area contributed by atoms with Crippen LogP contribution >= 0.6 is 11.3 Å². The van der Waals surface area contributed by atoms with Crippen LogP contribution in [0.4, 0.5) is 0 Å². The van der Waals surface area contributed by atoms with Crippen molar-refractivity contribution in [3.8, 4) is 0 Å². The first-order chi connectivity index (χ1) is 8.67. The molecule has 0 fully saturated rings. The van der Waals surface area contributed by atoms with Crippen LogP contribution in [0.5, 0.6) is 0 Å². The van der Waals surface area contributed by atoms with Crippen molar-refractivity contribution in [1.29, 1.82) is 0 Å². The van der Waals surface area contributed by atoms with Crippen LogP contribution in [-0.2, 0) is 24.1 Å². The molecule has 1 aromatic rings. The van der Waals surface area contributed by atoms with Gasteiger partial charge in [0.25, 0.3) is 0 Å². The number of aryl methyl sites for hydroxylation is 1. The van der Waals surface area contributed by atoms with E-state index in [0.717, 1.165) is 39.1 Å². The second kappa shape index (κ2) is 8.58. The minimum Gasteiger partial charge on any atom is -0.383 e. The van der Waals surface area contributed by atoms with Gasteiger partial charge in [0.15, 0.2) is 0 Å². The van der Waals surface area contributed by atoms with Gasteiger partial charge in [0.2, 0.25) is 0 Å². The molecule has 0 atom stereocenters. The first-order valence-electron chi connectivity index (χ1n) is 6.49. The average molecular weight is 271 g/mol. The molecule has 0 aliphatic carbocycles. The first-order valence-corrected chi connectivity index (χ1v) is 7.30. The van der Waals surface area contributed by atoms with E-state index in [-0.39, 0.29) is 0 Å². The predicted octanol–water partition coefficient (Wildman–Crippen LogP) is 1.55. The molecule has 0 aliphatic rings. The Morgan fingerprint density at radius 2 is 2.17 bits per heavy atom. The van der Waals surface area contributed by atoms with Crippen LogP contribution in [0.3, 0.4) is 0 Å². The van der Waals surface area contributed by atoms with Crippen molar-refractivity contribution in [2.24, 2.45) is 0 Å². The number of likely N-dealkylation sites (N-methyl/N-ethyl adjacent to an activating group) is 1. The van der Waals surface area contributed by atoms with Crippen LogP contribution in [0.1, 0.15) is 22.5 Å². The molecular formula is C13H25N3OS. The molecule has 0 saturated carbocycles. The third-order valence-electron chi connectivity index (χ3n) is 2.70. The van der Waals surface area contributed by atoms with Crippen molar-refractivity contribution in [3.05, 3.63) is 15.6 Å². The maximum Gasteiger partial charge on any atom is 0.0944 e. The van der Waals surface area contributed by atoms with Crippen molar-refractivity contribution < 1.29 is 4.74 Å². The molecule has 1 rings (SSSR count). The summed E-state index contributed by atoms with van der Waals surface area (Å²) in [5.41, 5.74) is 1.25. The molecule has 4 nitrogen and oxygen atoms in total. The van der Waals surface area contributed by atoms with Crippen LogP contribution in [0, 0.1) is 0 Å². The van der Waals surface area contributed by atoms with E-state index in [1.165, 1.54) is 15.6 Å². The zero-order valence-corrected chi connectivity index (χ0v) is 12.8. The normalized spacial score (nSPS) is 11.4. The number of rotatable bonds is 9. The summed E-state index contributed by atoms with van der Waals surface area (Å²) in [6.45, 7) is 5.79. The highest BCUT2D eigenvalue weighted by molar-refractivity contribution is 7.11. The lowest BCUT2D eigenvalue weighted by atomic mass is 10.3. The molecule has 1 aromatic heterocycles. The highest BCUT2D eigenvalue weighted by atomic mass is 32.1. The number of thiazole rings is 1. The largest absolute Gasteiger partial charge is 0.383 e. The van der Waals surface area contributed by atoms with Crippen molar-refractivity contribution >= 4 is 11.3 Å². The molecule has 5 heteroatoms.